The number of benzene rings is 1. The fourth-order valence-electron chi connectivity index (χ4n) is 3.16. The summed E-state index contributed by atoms with van der Waals surface area (Å²) in [5, 5.41) is 14.8. The zero-order chi connectivity index (χ0) is 18.4. The SMILES string of the molecule is CC(C)CC(=O)NC(C(=O)N[C@H]1CC[C@@H](C(=O)O)C1)c1ccccc1. The minimum Gasteiger partial charge on any atom is -0.481 e. The molecule has 0 heterocycles. The highest BCUT2D eigenvalue weighted by Gasteiger charge is 2.32. The standard InChI is InChI=1S/C19H26N2O4/c1-12(2)10-16(22)21-17(13-6-4-3-5-7-13)18(23)20-15-9-8-14(11-15)19(24)25/h3-7,12,14-15,17H,8-11H2,1-2H3,(H,20,23)(H,21,22)(H,24,25)/t14-,15+,17?/m1/s1. The van der Waals surface area contributed by atoms with Gasteiger partial charge < -0.3 is 15.7 Å². The Morgan fingerprint density at radius 1 is 1.16 bits per heavy atom. The monoisotopic (exact) mass is 346 g/mol. The van der Waals surface area contributed by atoms with Crippen molar-refractivity contribution in [1.29, 1.82) is 0 Å². The predicted molar refractivity (Wildman–Crippen MR) is 93.7 cm³/mol. The van der Waals surface area contributed by atoms with Crippen molar-refractivity contribution >= 4 is 17.8 Å². The second kappa shape index (κ2) is 8.65. The molecule has 3 atom stereocenters. The lowest BCUT2D eigenvalue weighted by Crippen LogP contribution is -2.44. The molecule has 6 heteroatoms. The summed E-state index contributed by atoms with van der Waals surface area (Å²) in [5.41, 5.74) is 0.713. The highest BCUT2D eigenvalue weighted by Crippen LogP contribution is 2.26. The summed E-state index contributed by atoms with van der Waals surface area (Å²) < 4.78 is 0. The maximum absolute atomic E-state index is 12.7. The summed E-state index contributed by atoms with van der Waals surface area (Å²) in [6.45, 7) is 3.89. The van der Waals surface area contributed by atoms with Crippen LogP contribution in [0.3, 0.4) is 0 Å². The van der Waals surface area contributed by atoms with Crippen LogP contribution in [-0.4, -0.2) is 28.9 Å². The fourth-order valence-corrected chi connectivity index (χ4v) is 3.16. The Morgan fingerprint density at radius 2 is 1.84 bits per heavy atom. The first-order chi connectivity index (χ1) is 11.9. The molecular formula is C19H26N2O4. The van der Waals surface area contributed by atoms with Crippen LogP contribution in [-0.2, 0) is 14.4 Å². The second-order valence-electron chi connectivity index (χ2n) is 7.06. The largest absolute Gasteiger partial charge is 0.481 e. The number of aliphatic carboxylic acids is 1. The minimum atomic E-state index is -0.818. The molecule has 0 spiro atoms. The molecule has 136 valence electrons. The van der Waals surface area contributed by atoms with E-state index in [1.54, 1.807) is 12.1 Å². The maximum atomic E-state index is 12.7. The molecule has 25 heavy (non-hydrogen) atoms. The summed E-state index contributed by atoms with van der Waals surface area (Å²) in [7, 11) is 0. The number of nitrogens with one attached hydrogen (secondary N) is 2. The first kappa shape index (κ1) is 19.0. The van der Waals surface area contributed by atoms with Crippen LogP contribution in [0.1, 0.15) is 51.1 Å². The molecule has 0 saturated heterocycles. The van der Waals surface area contributed by atoms with Crippen molar-refractivity contribution < 1.29 is 19.5 Å². The van der Waals surface area contributed by atoms with E-state index in [-0.39, 0.29) is 23.8 Å². The molecule has 1 unspecified atom stereocenters. The van der Waals surface area contributed by atoms with Gasteiger partial charge in [0.15, 0.2) is 0 Å². The van der Waals surface area contributed by atoms with Crippen molar-refractivity contribution in [2.75, 3.05) is 0 Å². The Bertz CT molecular complexity index is 615. The van der Waals surface area contributed by atoms with Crippen LogP contribution < -0.4 is 10.6 Å². The van der Waals surface area contributed by atoms with Gasteiger partial charge in [0, 0.05) is 12.5 Å². The van der Waals surface area contributed by atoms with Crippen LogP contribution in [0.5, 0.6) is 0 Å². The van der Waals surface area contributed by atoms with Crippen LogP contribution in [0, 0.1) is 11.8 Å². The highest BCUT2D eigenvalue weighted by molar-refractivity contribution is 5.89. The predicted octanol–water partition coefficient (Wildman–Crippen LogP) is 2.26. The third kappa shape index (κ3) is 5.59. The zero-order valence-corrected chi connectivity index (χ0v) is 14.7. The fraction of sp³-hybridized carbons (Fsp3) is 0.526. The Kier molecular flexibility index (Phi) is 6.56. The van der Waals surface area contributed by atoms with Gasteiger partial charge in [-0.25, -0.2) is 0 Å². The summed E-state index contributed by atoms with van der Waals surface area (Å²) in [6.07, 6.45) is 1.99. The van der Waals surface area contributed by atoms with Gasteiger partial charge >= 0.3 is 5.97 Å². The van der Waals surface area contributed by atoms with Crippen molar-refractivity contribution in [2.45, 2.75) is 51.6 Å². The zero-order valence-electron chi connectivity index (χ0n) is 14.7. The maximum Gasteiger partial charge on any atom is 0.306 e. The molecule has 1 aromatic carbocycles. The van der Waals surface area contributed by atoms with Crippen molar-refractivity contribution in [3.8, 4) is 0 Å². The molecule has 1 aliphatic carbocycles. The van der Waals surface area contributed by atoms with Crippen molar-refractivity contribution in [2.24, 2.45) is 11.8 Å². The molecule has 2 amide bonds. The van der Waals surface area contributed by atoms with E-state index < -0.39 is 17.9 Å². The Labute approximate surface area is 148 Å². The average Bonchev–Trinajstić information content (AvgIpc) is 3.01. The van der Waals surface area contributed by atoms with E-state index in [4.69, 9.17) is 5.11 Å². The van der Waals surface area contributed by atoms with Gasteiger partial charge in [-0.3, -0.25) is 14.4 Å². The number of amides is 2. The summed E-state index contributed by atoms with van der Waals surface area (Å²) >= 11 is 0. The number of hydrogen-bond acceptors (Lipinski definition) is 3. The first-order valence-electron chi connectivity index (χ1n) is 8.74. The van der Waals surface area contributed by atoms with Crippen molar-refractivity contribution in [3.63, 3.8) is 0 Å². The molecule has 2 rings (SSSR count). The number of carboxylic acids is 1. The molecule has 1 fully saturated rings. The Morgan fingerprint density at radius 3 is 2.40 bits per heavy atom. The molecular weight excluding hydrogens is 320 g/mol. The van der Waals surface area contributed by atoms with E-state index in [2.05, 4.69) is 10.6 Å². The lowest BCUT2D eigenvalue weighted by atomic mass is 10.0. The van der Waals surface area contributed by atoms with E-state index >= 15 is 0 Å². The van der Waals surface area contributed by atoms with E-state index in [0.717, 1.165) is 0 Å². The third-order valence-corrected chi connectivity index (χ3v) is 4.42. The molecule has 6 nitrogen and oxygen atoms in total. The van der Waals surface area contributed by atoms with Gasteiger partial charge in [0.1, 0.15) is 6.04 Å². The molecule has 3 N–H and O–H groups in total. The van der Waals surface area contributed by atoms with Gasteiger partial charge in [0.05, 0.1) is 5.92 Å². The Hall–Kier alpha value is -2.37. The van der Waals surface area contributed by atoms with Gasteiger partial charge in [-0.1, -0.05) is 44.2 Å². The van der Waals surface area contributed by atoms with Crippen molar-refractivity contribution in [1.82, 2.24) is 10.6 Å². The second-order valence-corrected chi connectivity index (χ2v) is 7.06. The van der Waals surface area contributed by atoms with Gasteiger partial charge in [-0.15, -0.1) is 0 Å². The molecule has 1 saturated carbocycles. The highest BCUT2D eigenvalue weighted by atomic mass is 16.4. The molecule has 0 radical (unpaired) electrons. The summed E-state index contributed by atoms with van der Waals surface area (Å²) in [5.74, 6) is -1.49. The third-order valence-electron chi connectivity index (χ3n) is 4.42. The van der Waals surface area contributed by atoms with Gasteiger partial charge in [-0.2, -0.15) is 0 Å². The van der Waals surface area contributed by atoms with E-state index in [1.807, 2.05) is 32.0 Å². The number of rotatable bonds is 7. The average molecular weight is 346 g/mol. The summed E-state index contributed by atoms with van der Waals surface area (Å²) in [6, 6.07) is 8.16. The lowest BCUT2D eigenvalue weighted by Gasteiger charge is -2.22. The smallest absolute Gasteiger partial charge is 0.306 e. The van der Waals surface area contributed by atoms with Crippen LogP contribution >= 0.6 is 0 Å². The van der Waals surface area contributed by atoms with Crippen LogP contribution in [0.25, 0.3) is 0 Å². The van der Waals surface area contributed by atoms with Gasteiger partial charge in [0.2, 0.25) is 11.8 Å². The molecule has 1 aliphatic rings. The van der Waals surface area contributed by atoms with Gasteiger partial charge in [-0.05, 0) is 30.7 Å². The van der Waals surface area contributed by atoms with E-state index in [1.165, 1.54) is 0 Å². The van der Waals surface area contributed by atoms with E-state index in [0.29, 0.717) is 31.2 Å². The van der Waals surface area contributed by atoms with E-state index in [9.17, 15) is 14.4 Å². The molecule has 0 bridgehead atoms. The normalized spacial score (nSPS) is 20.9. The molecule has 0 aliphatic heterocycles. The van der Waals surface area contributed by atoms with Crippen molar-refractivity contribution in [3.05, 3.63) is 35.9 Å². The quantitative estimate of drug-likeness (QED) is 0.706. The summed E-state index contributed by atoms with van der Waals surface area (Å²) in [4.78, 5) is 35.9. The molecule has 0 aromatic heterocycles. The Balaban J connectivity index is 2.05. The number of carbonyl (C=O) groups is 3. The molecule has 1 aromatic rings. The number of carbonyl (C=O) groups excluding carboxylic acids is 2. The first-order valence-corrected chi connectivity index (χ1v) is 8.74. The van der Waals surface area contributed by atoms with Crippen LogP contribution in [0.2, 0.25) is 0 Å². The minimum absolute atomic E-state index is 0.165. The number of carboxylic acid groups (broad SMARTS) is 1. The van der Waals surface area contributed by atoms with Crippen LogP contribution in [0.4, 0.5) is 0 Å². The lowest BCUT2D eigenvalue weighted by molar-refractivity contribution is -0.141. The van der Waals surface area contributed by atoms with Gasteiger partial charge in [0.25, 0.3) is 0 Å². The van der Waals surface area contributed by atoms with Crippen LogP contribution in [0.15, 0.2) is 30.3 Å². The number of hydrogen-bond donors (Lipinski definition) is 3. The topological polar surface area (TPSA) is 95.5 Å².